The van der Waals surface area contributed by atoms with E-state index in [4.69, 9.17) is 4.74 Å². The molecule has 1 N–H and O–H groups in total. The molecular formula is C19H19N3O7S. The van der Waals surface area contributed by atoms with E-state index < -0.39 is 30.3 Å². The molecule has 1 aromatic carbocycles. The smallest absolute Gasteiger partial charge is 0.306 e. The van der Waals surface area contributed by atoms with Crippen LogP contribution >= 0.6 is 11.8 Å². The maximum absolute atomic E-state index is 12.2. The summed E-state index contributed by atoms with van der Waals surface area (Å²) in [6.07, 6.45) is 0.150. The first-order valence-corrected chi connectivity index (χ1v) is 10.2. The van der Waals surface area contributed by atoms with Gasteiger partial charge in [0.2, 0.25) is 5.91 Å². The summed E-state index contributed by atoms with van der Waals surface area (Å²) < 4.78 is 4.86. The van der Waals surface area contributed by atoms with Gasteiger partial charge in [-0.25, -0.2) is 0 Å². The molecule has 2 aliphatic rings. The van der Waals surface area contributed by atoms with Crippen LogP contribution in [-0.4, -0.2) is 76.6 Å². The lowest BCUT2D eigenvalue weighted by atomic mass is 10.1. The van der Waals surface area contributed by atoms with Crippen LogP contribution in [0.25, 0.3) is 0 Å². The zero-order valence-corrected chi connectivity index (χ0v) is 16.7. The van der Waals surface area contributed by atoms with Crippen molar-refractivity contribution >= 4 is 46.6 Å². The van der Waals surface area contributed by atoms with E-state index in [-0.39, 0.29) is 49.4 Å². The Labute approximate surface area is 175 Å². The molecule has 0 unspecified atom stereocenters. The number of imide groups is 2. The molecule has 1 aromatic rings. The second-order valence-corrected chi connectivity index (χ2v) is 7.45. The SMILES string of the molecule is O=C(COC(=O)CCCN1C(=O)c2ccccc2C1=O)NCCN1C(=O)CSC1=O. The number of hydrogen-bond donors (Lipinski definition) is 1. The van der Waals surface area contributed by atoms with E-state index in [0.717, 1.165) is 21.6 Å². The first-order chi connectivity index (χ1) is 14.4. The Morgan fingerprint density at radius 1 is 1.00 bits per heavy atom. The predicted octanol–water partition coefficient (Wildman–Crippen LogP) is 0.418. The Morgan fingerprint density at radius 3 is 2.27 bits per heavy atom. The lowest BCUT2D eigenvalue weighted by molar-refractivity contribution is -0.148. The molecule has 0 aromatic heterocycles. The summed E-state index contributed by atoms with van der Waals surface area (Å²) in [5.74, 6) is -2.18. The summed E-state index contributed by atoms with van der Waals surface area (Å²) >= 11 is 0.910. The van der Waals surface area contributed by atoms with Crippen LogP contribution in [0.15, 0.2) is 24.3 Å². The lowest BCUT2D eigenvalue weighted by Crippen LogP contribution is -2.38. The fourth-order valence-electron chi connectivity index (χ4n) is 3.00. The van der Waals surface area contributed by atoms with Crippen molar-refractivity contribution in [1.29, 1.82) is 0 Å². The quantitative estimate of drug-likeness (QED) is 0.438. The van der Waals surface area contributed by atoms with E-state index in [1.165, 1.54) is 0 Å². The highest BCUT2D eigenvalue weighted by atomic mass is 32.2. The van der Waals surface area contributed by atoms with Crippen molar-refractivity contribution in [1.82, 2.24) is 15.1 Å². The molecule has 0 bridgehead atoms. The van der Waals surface area contributed by atoms with Crippen LogP contribution in [0.2, 0.25) is 0 Å². The number of thioether (sulfide) groups is 1. The zero-order valence-electron chi connectivity index (χ0n) is 15.9. The molecule has 0 atom stereocenters. The van der Waals surface area contributed by atoms with E-state index in [1.54, 1.807) is 24.3 Å². The second-order valence-electron chi connectivity index (χ2n) is 6.52. The monoisotopic (exact) mass is 433 g/mol. The molecule has 1 saturated heterocycles. The third-order valence-corrected chi connectivity index (χ3v) is 5.36. The first kappa shape index (κ1) is 21.5. The number of ether oxygens (including phenoxy) is 1. The fraction of sp³-hybridized carbons (Fsp3) is 0.368. The van der Waals surface area contributed by atoms with Crippen molar-refractivity contribution in [2.75, 3.05) is 32.0 Å². The number of hydrogen-bond acceptors (Lipinski definition) is 8. The number of carbonyl (C=O) groups excluding carboxylic acids is 6. The summed E-state index contributed by atoms with van der Waals surface area (Å²) in [6.45, 7) is -0.301. The number of nitrogens with one attached hydrogen (secondary N) is 1. The van der Waals surface area contributed by atoms with Gasteiger partial charge >= 0.3 is 5.97 Å². The van der Waals surface area contributed by atoms with Gasteiger partial charge in [-0.05, 0) is 18.6 Å². The Balaban J connectivity index is 1.31. The largest absolute Gasteiger partial charge is 0.456 e. The van der Waals surface area contributed by atoms with Gasteiger partial charge in [0.15, 0.2) is 6.61 Å². The molecule has 0 radical (unpaired) electrons. The molecule has 3 rings (SSSR count). The predicted molar refractivity (Wildman–Crippen MR) is 105 cm³/mol. The second kappa shape index (κ2) is 9.53. The van der Waals surface area contributed by atoms with Gasteiger partial charge in [-0.2, -0.15) is 0 Å². The highest BCUT2D eigenvalue weighted by molar-refractivity contribution is 8.14. The molecule has 0 aliphatic carbocycles. The average Bonchev–Trinajstić information content (AvgIpc) is 3.18. The van der Waals surface area contributed by atoms with Crippen LogP contribution in [0.3, 0.4) is 0 Å². The van der Waals surface area contributed by atoms with Crippen LogP contribution in [0.4, 0.5) is 4.79 Å². The van der Waals surface area contributed by atoms with Gasteiger partial charge in [-0.3, -0.25) is 38.6 Å². The Hall–Kier alpha value is -3.21. The Kier molecular flexibility index (Phi) is 6.83. The van der Waals surface area contributed by atoms with Crippen molar-refractivity contribution in [3.8, 4) is 0 Å². The van der Waals surface area contributed by atoms with Gasteiger partial charge < -0.3 is 10.1 Å². The summed E-state index contributed by atoms with van der Waals surface area (Å²) in [4.78, 5) is 72.9. The molecular weight excluding hydrogens is 414 g/mol. The highest BCUT2D eigenvalue weighted by Crippen LogP contribution is 2.22. The van der Waals surface area contributed by atoms with Crippen molar-refractivity contribution in [3.05, 3.63) is 35.4 Å². The number of fused-ring (bicyclic) bond motifs is 1. The van der Waals surface area contributed by atoms with E-state index in [1.807, 2.05) is 0 Å². The van der Waals surface area contributed by atoms with Gasteiger partial charge in [0.1, 0.15) is 0 Å². The number of rotatable bonds is 9. The van der Waals surface area contributed by atoms with E-state index >= 15 is 0 Å². The number of carbonyl (C=O) groups is 6. The third kappa shape index (κ3) is 4.85. The number of nitrogens with zero attached hydrogens (tertiary/aromatic N) is 2. The van der Waals surface area contributed by atoms with Crippen LogP contribution in [-0.2, 0) is 19.1 Å². The molecule has 1 fully saturated rings. The summed E-state index contributed by atoms with van der Waals surface area (Å²) in [6, 6.07) is 6.51. The Morgan fingerprint density at radius 2 is 1.67 bits per heavy atom. The van der Waals surface area contributed by atoms with Crippen molar-refractivity contribution in [2.45, 2.75) is 12.8 Å². The lowest BCUT2D eigenvalue weighted by Gasteiger charge is -2.14. The molecule has 0 spiro atoms. The standard InChI is InChI=1S/C19H19N3O7S/c23-14(20-7-9-21-15(24)11-30-19(21)28)10-29-16(25)6-3-8-22-17(26)12-4-1-2-5-13(12)18(22)27/h1-2,4-5H,3,6-11H2,(H,20,23). The molecule has 158 valence electrons. The van der Waals surface area contributed by atoms with Crippen molar-refractivity contribution < 1.29 is 33.5 Å². The molecule has 11 heteroatoms. The van der Waals surface area contributed by atoms with Gasteiger partial charge in [0, 0.05) is 26.1 Å². The summed E-state index contributed by atoms with van der Waals surface area (Å²) in [5.41, 5.74) is 0.690. The summed E-state index contributed by atoms with van der Waals surface area (Å²) in [5, 5.41) is 2.11. The zero-order chi connectivity index (χ0) is 21.7. The van der Waals surface area contributed by atoms with E-state index in [2.05, 4.69) is 5.32 Å². The molecule has 10 nitrogen and oxygen atoms in total. The minimum absolute atomic E-state index is 0.0602. The topological polar surface area (TPSA) is 130 Å². The van der Waals surface area contributed by atoms with Crippen LogP contribution in [0, 0.1) is 0 Å². The third-order valence-electron chi connectivity index (χ3n) is 4.50. The molecule has 30 heavy (non-hydrogen) atoms. The average molecular weight is 433 g/mol. The van der Waals surface area contributed by atoms with E-state index in [0.29, 0.717) is 11.1 Å². The summed E-state index contributed by atoms with van der Waals surface area (Å²) in [7, 11) is 0. The maximum Gasteiger partial charge on any atom is 0.306 e. The number of amides is 5. The van der Waals surface area contributed by atoms with Crippen LogP contribution in [0.5, 0.6) is 0 Å². The molecule has 0 saturated carbocycles. The first-order valence-electron chi connectivity index (χ1n) is 9.23. The molecule has 5 amide bonds. The number of benzene rings is 1. The van der Waals surface area contributed by atoms with Crippen molar-refractivity contribution in [2.24, 2.45) is 0 Å². The van der Waals surface area contributed by atoms with Crippen LogP contribution < -0.4 is 5.32 Å². The maximum atomic E-state index is 12.2. The molecule has 2 aliphatic heterocycles. The number of esters is 1. The molecule has 2 heterocycles. The van der Waals surface area contributed by atoms with Gasteiger partial charge in [-0.15, -0.1) is 0 Å². The highest BCUT2D eigenvalue weighted by Gasteiger charge is 2.34. The van der Waals surface area contributed by atoms with E-state index in [9.17, 15) is 28.8 Å². The fourth-order valence-corrected chi connectivity index (χ4v) is 3.75. The Bertz CT molecular complexity index is 866. The van der Waals surface area contributed by atoms with Crippen molar-refractivity contribution in [3.63, 3.8) is 0 Å². The van der Waals surface area contributed by atoms with Crippen LogP contribution in [0.1, 0.15) is 33.6 Å². The van der Waals surface area contributed by atoms with Gasteiger partial charge in [-0.1, -0.05) is 23.9 Å². The minimum Gasteiger partial charge on any atom is -0.456 e. The van der Waals surface area contributed by atoms with Gasteiger partial charge in [0.25, 0.3) is 23.0 Å². The van der Waals surface area contributed by atoms with Gasteiger partial charge in [0.05, 0.1) is 16.9 Å². The minimum atomic E-state index is -0.636. The normalized spacial score (nSPS) is 15.6.